The first-order chi connectivity index (χ1) is 9.90. The lowest BCUT2D eigenvalue weighted by molar-refractivity contribution is -0.138. The minimum Gasteiger partial charge on any atom is -0.377 e. The summed E-state index contributed by atoms with van der Waals surface area (Å²) in [6, 6.07) is 0. The molecule has 1 aliphatic heterocycles. The topological polar surface area (TPSA) is 58.6 Å². The summed E-state index contributed by atoms with van der Waals surface area (Å²) in [5.74, 6) is 0.612. The van der Waals surface area contributed by atoms with Crippen molar-refractivity contribution in [3.8, 4) is 0 Å². The second kappa shape index (κ2) is 9.15. The Morgan fingerprint density at radius 1 is 1.19 bits per heavy atom. The van der Waals surface area contributed by atoms with Gasteiger partial charge in [0.05, 0.1) is 19.3 Å². The van der Waals surface area contributed by atoms with Crippen molar-refractivity contribution >= 4 is 11.7 Å². The maximum Gasteiger partial charge on any atom is 0.288 e. The quantitative estimate of drug-likeness (QED) is 0.544. The van der Waals surface area contributed by atoms with Gasteiger partial charge < -0.3 is 10.1 Å². The SMILES string of the molecule is CC(C)OCCNC(=O)C(=O)CN1CCC(C(C)C)CC1. The predicted molar refractivity (Wildman–Crippen MR) is 83.1 cm³/mol. The number of nitrogens with one attached hydrogen (secondary N) is 1. The van der Waals surface area contributed by atoms with E-state index < -0.39 is 5.91 Å². The number of carbonyl (C=O) groups is 2. The molecule has 0 atom stereocenters. The van der Waals surface area contributed by atoms with Gasteiger partial charge in [0.25, 0.3) is 5.91 Å². The van der Waals surface area contributed by atoms with Crippen molar-refractivity contribution in [3.63, 3.8) is 0 Å². The van der Waals surface area contributed by atoms with Crippen LogP contribution in [0.15, 0.2) is 0 Å². The van der Waals surface area contributed by atoms with Gasteiger partial charge in [-0.15, -0.1) is 0 Å². The van der Waals surface area contributed by atoms with Gasteiger partial charge in [-0.2, -0.15) is 0 Å². The van der Waals surface area contributed by atoms with Crippen molar-refractivity contribution < 1.29 is 14.3 Å². The fourth-order valence-corrected chi connectivity index (χ4v) is 2.61. The van der Waals surface area contributed by atoms with Crippen LogP contribution < -0.4 is 5.32 Å². The molecule has 0 saturated carbocycles. The molecule has 1 fully saturated rings. The molecule has 5 nitrogen and oxygen atoms in total. The van der Waals surface area contributed by atoms with Gasteiger partial charge in [-0.3, -0.25) is 14.5 Å². The molecule has 0 aromatic heterocycles. The van der Waals surface area contributed by atoms with Crippen molar-refractivity contribution in [2.24, 2.45) is 11.8 Å². The second-order valence-corrected chi connectivity index (χ2v) is 6.46. The Balaban J connectivity index is 2.19. The molecule has 0 aromatic rings. The van der Waals surface area contributed by atoms with Crippen molar-refractivity contribution in [3.05, 3.63) is 0 Å². The van der Waals surface area contributed by atoms with Crippen LogP contribution in [-0.2, 0) is 14.3 Å². The van der Waals surface area contributed by atoms with Gasteiger partial charge in [0.1, 0.15) is 0 Å². The molecule has 0 spiro atoms. The van der Waals surface area contributed by atoms with Gasteiger partial charge in [-0.25, -0.2) is 0 Å². The standard InChI is InChI=1S/C16H30N2O3/c1-12(2)14-5-8-18(9-6-14)11-15(19)16(20)17-7-10-21-13(3)4/h12-14H,5-11H2,1-4H3,(H,17,20). The van der Waals surface area contributed by atoms with E-state index >= 15 is 0 Å². The van der Waals surface area contributed by atoms with Crippen LogP contribution in [0, 0.1) is 11.8 Å². The number of Topliss-reactive ketones (excluding diaryl/α,β-unsaturated/α-hetero) is 1. The van der Waals surface area contributed by atoms with Crippen LogP contribution in [0.3, 0.4) is 0 Å². The molecule has 1 N–H and O–H groups in total. The van der Waals surface area contributed by atoms with Crippen LogP contribution in [0.1, 0.15) is 40.5 Å². The van der Waals surface area contributed by atoms with Crippen LogP contribution in [0.25, 0.3) is 0 Å². The monoisotopic (exact) mass is 298 g/mol. The highest BCUT2D eigenvalue weighted by molar-refractivity contribution is 6.36. The lowest BCUT2D eigenvalue weighted by atomic mass is 9.87. The van der Waals surface area contributed by atoms with Crippen LogP contribution in [0.2, 0.25) is 0 Å². The maximum absolute atomic E-state index is 11.9. The number of hydrogen-bond acceptors (Lipinski definition) is 4. The fraction of sp³-hybridized carbons (Fsp3) is 0.875. The van der Waals surface area contributed by atoms with Crippen LogP contribution in [-0.4, -0.2) is 55.5 Å². The zero-order valence-corrected chi connectivity index (χ0v) is 13.9. The Labute approximate surface area is 128 Å². The Hall–Kier alpha value is -0.940. The normalized spacial score (nSPS) is 17.4. The first-order valence-electron chi connectivity index (χ1n) is 8.05. The number of carbonyl (C=O) groups excluding carboxylic acids is 2. The Bertz CT molecular complexity index is 334. The van der Waals surface area contributed by atoms with Crippen LogP contribution in [0.4, 0.5) is 0 Å². The summed E-state index contributed by atoms with van der Waals surface area (Å²) in [6.45, 7) is 11.3. The molecular weight excluding hydrogens is 268 g/mol. The molecule has 1 amide bonds. The molecule has 1 saturated heterocycles. The summed E-state index contributed by atoms with van der Waals surface area (Å²) in [5, 5.41) is 2.61. The lowest BCUT2D eigenvalue weighted by Gasteiger charge is -2.33. The van der Waals surface area contributed by atoms with Gasteiger partial charge in [-0.05, 0) is 51.6 Å². The highest BCUT2D eigenvalue weighted by atomic mass is 16.5. The third-order valence-corrected chi connectivity index (χ3v) is 4.03. The molecular formula is C16H30N2O3. The third kappa shape index (κ3) is 7.05. The highest BCUT2D eigenvalue weighted by Crippen LogP contribution is 2.24. The molecule has 0 unspecified atom stereocenters. The number of nitrogens with zero attached hydrogens (tertiary/aromatic N) is 1. The van der Waals surface area contributed by atoms with E-state index in [2.05, 4.69) is 24.1 Å². The molecule has 1 heterocycles. The summed E-state index contributed by atoms with van der Waals surface area (Å²) in [7, 11) is 0. The van der Waals surface area contributed by atoms with E-state index in [1.807, 2.05) is 13.8 Å². The smallest absolute Gasteiger partial charge is 0.288 e. The van der Waals surface area contributed by atoms with Gasteiger partial charge in [0, 0.05) is 6.54 Å². The van der Waals surface area contributed by atoms with Gasteiger partial charge in [-0.1, -0.05) is 13.8 Å². The minimum absolute atomic E-state index is 0.139. The summed E-state index contributed by atoms with van der Waals surface area (Å²) < 4.78 is 5.32. The maximum atomic E-state index is 11.9. The average Bonchev–Trinajstić information content (AvgIpc) is 2.43. The van der Waals surface area contributed by atoms with E-state index in [1.54, 1.807) is 0 Å². The van der Waals surface area contributed by atoms with Crippen molar-refractivity contribution in [2.75, 3.05) is 32.8 Å². The first kappa shape index (κ1) is 18.1. The molecule has 5 heteroatoms. The zero-order chi connectivity index (χ0) is 15.8. The number of piperidine rings is 1. The molecule has 0 radical (unpaired) electrons. The molecule has 1 aliphatic rings. The number of ether oxygens (including phenoxy) is 1. The number of rotatable bonds is 8. The number of likely N-dealkylation sites (tertiary alicyclic amines) is 1. The fourth-order valence-electron chi connectivity index (χ4n) is 2.61. The van der Waals surface area contributed by atoms with E-state index in [9.17, 15) is 9.59 Å². The number of hydrogen-bond donors (Lipinski definition) is 1. The van der Waals surface area contributed by atoms with E-state index in [4.69, 9.17) is 4.74 Å². The Kier molecular flexibility index (Phi) is 7.89. The number of amides is 1. The average molecular weight is 298 g/mol. The van der Waals surface area contributed by atoms with Crippen LogP contribution in [0.5, 0.6) is 0 Å². The Morgan fingerprint density at radius 3 is 2.33 bits per heavy atom. The summed E-state index contributed by atoms with van der Waals surface area (Å²) in [5.41, 5.74) is 0. The molecule has 1 rings (SSSR count). The Morgan fingerprint density at radius 2 is 1.81 bits per heavy atom. The van der Waals surface area contributed by atoms with E-state index in [1.165, 1.54) is 0 Å². The van der Waals surface area contributed by atoms with E-state index in [0.29, 0.717) is 19.1 Å². The van der Waals surface area contributed by atoms with E-state index in [0.717, 1.165) is 31.8 Å². The largest absolute Gasteiger partial charge is 0.377 e. The number of ketones is 1. The van der Waals surface area contributed by atoms with Gasteiger partial charge >= 0.3 is 0 Å². The van der Waals surface area contributed by atoms with Crippen molar-refractivity contribution in [1.82, 2.24) is 10.2 Å². The molecule has 0 aromatic carbocycles. The van der Waals surface area contributed by atoms with Gasteiger partial charge in [0.2, 0.25) is 5.78 Å². The molecule has 0 bridgehead atoms. The second-order valence-electron chi connectivity index (χ2n) is 6.46. The zero-order valence-electron chi connectivity index (χ0n) is 13.9. The summed E-state index contributed by atoms with van der Waals surface area (Å²) in [6.07, 6.45) is 2.38. The highest BCUT2D eigenvalue weighted by Gasteiger charge is 2.24. The first-order valence-corrected chi connectivity index (χ1v) is 8.05. The summed E-state index contributed by atoms with van der Waals surface area (Å²) in [4.78, 5) is 25.6. The van der Waals surface area contributed by atoms with Crippen molar-refractivity contribution in [2.45, 2.75) is 46.6 Å². The molecule has 122 valence electrons. The minimum atomic E-state index is -0.492. The molecule has 0 aliphatic carbocycles. The van der Waals surface area contributed by atoms with Gasteiger partial charge in [0.15, 0.2) is 0 Å². The predicted octanol–water partition coefficient (Wildman–Crippen LogP) is 1.46. The lowest BCUT2D eigenvalue weighted by Crippen LogP contribution is -2.43. The van der Waals surface area contributed by atoms with Crippen molar-refractivity contribution in [1.29, 1.82) is 0 Å². The summed E-state index contributed by atoms with van der Waals surface area (Å²) >= 11 is 0. The van der Waals surface area contributed by atoms with E-state index in [-0.39, 0.29) is 18.4 Å². The molecule has 21 heavy (non-hydrogen) atoms. The van der Waals surface area contributed by atoms with Crippen LogP contribution >= 0.6 is 0 Å². The third-order valence-electron chi connectivity index (χ3n) is 4.03.